The second-order valence-electron chi connectivity index (χ2n) is 4.26. The smallest absolute Gasteiger partial charge is 0.239 e. The largest absolute Gasteiger partial charge is 0.368 e. The van der Waals surface area contributed by atoms with Gasteiger partial charge >= 0.3 is 0 Å². The third kappa shape index (κ3) is 3.63. The normalized spacial score (nSPS) is 12.1. The fraction of sp³-hybridized carbons (Fsp3) is 0.133. The summed E-state index contributed by atoms with van der Waals surface area (Å²) in [5.41, 5.74) is 6.95. The van der Waals surface area contributed by atoms with Gasteiger partial charge in [-0.2, -0.15) is 0 Å². The minimum absolute atomic E-state index is 0.297. The van der Waals surface area contributed by atoms with Gasteiger partial charge in [0.05, 0.1) is 0 Å². The number of amides is 1. The highest BCUT2D eigenvalue weighted by Gasteiger charge is 2.16. The average Bonchev–Trinajstić information content (AvgIpc) is 2.40. The molecule has 1 amide bonds. The number of nitrogens with one attached hydrogen (secondary N) is 1. The van der Waals surface area contributed by atoms with E-state index in [0.29, 0.717) is 6.54 Å². The van der Waals surface area contributed by atoms with E-state index < -0.39 is 11.9 Å². The highest BCUT2D eigenvalue weighted by Crippen LogP contribution is 2.13. The first-order valence-corrected chi connectivity index (χ1v) is 5.99. The van der Waals surface area contributed by atoms with Gasteiger partial charge in [-0.05, 0) is 23.3 Å². The number of benzene rings is 2. The first kappa shape index (κ1) is 13.2. The lowest BCUT2D eigenvalue weighted by Crippen LogP contribution is -2.33. The Morgan fingerprint density at radius 1 is 1.16 bits per heavy atom. The fourth-order valence-corrected chi connectivity index (χ4v) is 1.90. The van der Waals surface area contributed by atoms with Crippen molar-refractivity contribution in [2.75, 3.05) is 0 Å². The summed E-state index contributed by atoms with van der Waals surface area (Å²) in [7, 11) is 0. The van der Waals surface area contributed by atoms with Gasteiger partial charge in [-0.15, -0.1) is 0 Å². The van der Waals surface area contributed by atoms with Crippen LogP contribution in [0, 0.1) is 5.82 Å². The lowest BCUT2D eigenvalue weighted by molar-refractivity contribution is -0.120. The van der Waals surface area contributed by atoms with Gasteiger partial charge in [0.1, 0.15) is 11.9 Å². The predicted octanol–water partition coefficient (Wildman–Crippen LogP) is 2.14. The molecule has 0 fully saturated rings. The van der Waals surface area contributed by atoms with Gasteiger partial charge in [0.15, 0.2) is 0 Å². The standard InChI is InChI=1S/C15H15FN2O/c16-13-8-4-5-11(9-13)10-18-14(15(17)19)12-6-2-1-3-7-12/h1-9,14,18H,10H2,(H2,17,19)/t14-/m1/s1. The quantitative estimate of drug-likeness (QED) is 0.863. The number of hydrogen-bond acceptors (Lipinski definition) is 2. The van der Waals surface area contributed by atoms with Crippen LogP contribution >= 0.6 is 0 Å². The van der Waals surface area contributed by atoms with Crippen LogP contribution in [-0.2, 0) is 11.3 Å². The minimum Gasteiger partial charge on any atom is -0.368 e. The van der Waals surface area contributed by atoms with Crippen LogP contribution in [0.5, 0.6) is 0 Å². The van der Waals surface area contributed by atoms with Gasteiger partial charge in [0.25, 0.3) is 0 Å². The van der Waals surface area contributed by atoms with Crippen molar-refractivity contribution in [3.8, 4) is 0 Å². The average molecular weight is 258 g/mol. The monoisotopic (exact) mass is 258 g/mol. The lowest BCUT2D eigenvalue weighted by atomic mass is 10.1. The number of primary amides is 1. The predicted molar refractivity (Wildman–Crippen MR) is 71.6 cm³/mol. The minimum atomic E-state index is -0.579. The van der Waals surface area contributed by atoms with Gasteiger partial charge in [-0.1, -0.05) is 42.5 Å². The van der Waals surface area contributed by atoms with Crippen molar-refractivity contribution >= 4 is 5.91 Å². The van der Waals surface area contributed by atoms with Crippen LogP contribution in [0.1, 0.15) is 17.2 Å². The number of carbonyl (C=O) groups is 1. The molecular formula is C15H15FN2O. The number of carbonyl (C=O) groups excluding carboxylic acids is 1. The van der Waals surface area contributed by atoms with Gasteiger partial charge < -0.3 is 5.73 Å². The highest BCUT2D eigenvalue weighted by molar-refractivity contribution is 5.81. The van der Waals surface area contributed by atoms with E-state index >= 15 is 0 Å². The number of nitrogens with two attached hydrogens (primary N) is 1. The van der Waals surface area contributed by atoms with Crippen LogP contribution < -0.4 is 11.1 Å². The molecule has 2 aromatic rings. The van der Waals surface area contributed by atoms with E-state index in [1.165, 1.54) is 12.1 Å². The second-order valence-corrected chi connectivity index (χ2v) is 4.26. The molecular weight excluding hydrogens is 243 g/mol. The van der Waals surface area contributed by atoms with Crippen molar-refractivity contribution < 1.29 is 9.18 Å². The zero-order valence-corrected chi connectivity index (χ0v) is 10.3. The van der Waals surface area contributed by atoms with Crippen LogP contribution in [0.3, 0.4) is 0 Å². The van der Waals surface area contributed by atoms with Crippen LogP contribution in [0.4, 0.5) is 4.39 Å². The van der Waals surface area contributed by atoms with Crippen molar-refractivity contribution in [2.45, 2.75) is 12.6 Å². The van der Waals surface area contributed by atoms with Crippen LogP contribution in [0.25, 0.3) is 0 Å². The van der Waals surface area contributed by atoms with Crippen molar-refractivity contribution in [3.05, 3.63) is 71.5 Å². The molecule has 0 aliphatic carbocycles. The summed E-state index contributed by atoms with van der Waals surface area (Å²) in [6, 6.07) is 14.9. The van der Waals surface area contributed by atoms with Crippen molar-refractivity contribution in [3.63, 3.8) is 0 Å². The van der Waals surface area contributed by atoms with E-state index in [0.717, 1.165) is 11.1 Å². The highest BCUT2D eigenvalue weighted by atomic mass is 19.1. The molecule has 0 heterocycles. The lowest BCUT2D eigenvalue weighted by Gasteiger charge is -2.15. The Balaban J connectivity index is 2.08. The third-order valence-electron chi connectivity index (χ3n) is 2.82. The van der Waals surface area contributed by atoms with E-state index in [-0.39, 0.29) is 5.82 Å². The van der Waals surface area contributed by atoms with Gasteiger partial charge in [-0.25, -0.2) is 4.39 Å². The maximum atomic E-state index is 13.1. The van der Waals surface area contributed by atoms with Crippen molar-refractivity contribution in [2.24, 2.45) is 5.73 Å². The molecule has 0 aliphatic rings. The first-order chi connectivity index (χ1) is 9.16. The van der Waals surface area contributed by atoms with Crippen LogP contribution in [0.2, 0.25) is 0 Å². The van der Waals surface area contributed by atoms with Gasteiger partial charge in [0, 0.05) is 6.54 Å². The molecule has 0 radical (unpaired) electrons. The molecule has 0 unspecified atom stereocenters. The summed E-state index contributed by atoms with van der Waals surface area (Å²) >= 11 is 0. The molecule has 0 aliphatic heterocycles. The molecule has 4 heteroatoms. The first-order valence-electron chi connectivity index (χ1n) is 5.99. The molecule has 0 bridgehead atoms. The Hall–Kier alpha value is -2.20. The molecule has 19 heavy (non-hydrogen) atoms. The van der Waals surface area contributed by atoms with Crippen molar-refractivity contribution in [1.29, 1.82) is 0 Å². The summed E-state index contributed by atoms with van der Waals surface area (Å²) in [6.45, 7) is 0.375. The van der Waals surface area contributed by atoms with Crippen molar-refractivity contribution in [1.82, 2.24) is 5.32 Å². The Morgan fingerprint density at radius 3 is 2.53 bits per heavy atom. The third-order valence-corrected chi connectivity index (χ3v) is 2.82. The number of halogens is 1. The zero-order chi connectivity index (χ0) is 13.7. The molecule has 0 saturated heterocycles. The summed E-state index contributed by atoms with van der Waals surface area (Å²) in [5.74, 6) is -0.753. The van der Waals surface area contributed by atoms with Crippen LogP contribution in [0.15, 0.2) is 54.6 Å². The Morgan fingerprint density at radius 2 is 1.89 bits per heavy atom. The van der Waals surface area contributed by atoms with E-state index in [1.807, 2.05) is 30.3 Å². The topological polar surface area (TPSA) is 55.1 Å². The molecule has 98 valence electrons. The van der Waals surface area contributed by atoms with Gasteiger partial charge in [0.2, 0.25) is 5.91 Å². The number of rotatable bonds is 5. The van der Waals surface area contributed by atoms with Gasteiger partial charge in [-0.3, -0.25) is 10.1 Å². The summed E-state index contributed by atoms with van der Waals surface area (Å²) < 4.78 is 13.1. The van der Waals surface area contributed by atoms with E-state index in [9.17, 15) is 9.18 Å². The van der Waals surface area contributed by atoms with Crippen LogP contribution in [-0.4, -0.2) is 5.91 Å². The summed E-state index contributed by atoms with van der Waals surface area (Å²) in [5, 5.41) is 3.04. The molecule has 3 nitrogen and oxygen atoms in total. The Kier molecular flexibility index (Phi) is 4.26. The second kappa shape index (κ2) is 6.11. The molecule has 0 aromatic heterocycles. The molecule has 3 N–H and O–H groups in total. The number of hydrogen-bond donors (Lipinski definition) is 2. The van der Waals surface area contributed by atoms with E-state index in [2.05, 4.69) is 5.32 Å². The maximum absolute atomic E-state index is 13.1. The van der Waals surface area contributed by atoms with E-state index in [1.54, 1.807) is 12.1 Å². The molecule has 0 spiro atoms. The summed E-state index contributed by atoms with van der Waals surface area (Å²) in [6.07, 6.45) is 0. The Labute approximate surface area is 111 Å². The SMILES string of the molecule is NC(=O)[C@H](NCc1cccc(F)c1)c1ccccc1. The zero-order valence-electron chi connectivity index (χ0n) is 10.3. The fourth-order valence-electron chi connectivity index (χ4n) is 1.90. The molecule has 1 atom stereocenters. The molecule has 0 saturated carbocycles. The molecule has 2 aromatic carbocycles. The maximum Gasteiger partial charge on any atom is 0.239 e. The van der Waals surface area contributed by atoms with E-state index in [4.69, 9.17) is 5.73 Å². The molecule has 2 rings (SSSR count). The summed E-state index contributed by atoms with van der Waals surface area (Å²) in [4.78, 5) is 11.5. The Bertz CT molecular complexity index is 557.